The minimum atomic E-state index is -1.63. The smallest absolute Gasteiger partial charge is 0.293 e. The van der Waals surface area contributed by atoms with Gasteiger partial charge in [-0.05, 0) is 7.05 Å². The van der Waals surface area contributed by atoms with Crippen molar-refractivity contribution in [2.75, 3.05) is 13.8 Å². The van der Waals surface area contributed by atoms with Gasteiger partial charge in [0, 0.05) is 15.5 Å². The second-order valence-electron chi connectivity index (χ2n) is 1.96. The van der Waals surface area contributed by atoms with Gasteiger partial charge in [-0.25, -0.2) is 0 Å². The average molecular weight is 194 g/mol. The number of hydrogen-bond donors (Lipinski definition) is 1. The fraction of sp³-hybridized carbons (Fsp3) is 0.667. The summed E-state index contributed by atoms with van der Waals surface area (Å²) in [5.41, 5.74) is 0. The second kappa shape index (κ2) is 7.44. The van der Waals surface area contributed by atoms with Crippen molar-refractivity contribution in [2.45, 2.75) is 0 Å². The van der Waals surface area contributed by atoms with Gasteiger partial charge in [0.05, 0.1) is 0 Å². The van der Waals surface area contributed by atoms with Crippen molar-refractivity contribution in [1.29, 1.82) is 0 Å². The lowest BCUT2D eigenvalue weighted by atomic mass is 9.28. The molecule has 0 rings (SSSR count). The molecule has 64 valence electrons. The highest BCUT2D eigenvalue weighted by molar-refractivity contribution is 7.51. The number of nitrogens with zero attached hydrogens (tertiary/aromatic N) is 1. The van der Waals surface area contributed by atoms with Crippen molar-refractivity contribution >= 4 is 45.1 Å². The first-order valence-electron chi connectivity index (χ1n) is 3.77. The highest BCUT2D eigenvalue weighted by Crippen LogP contribution is 2.39. The van der Waals surface area contributed by atoms with E-state index in [9.17, 15) is 4.79 Å². The Bertz CT molecular complexity index is 189. The molecule has 0 bridgehead atoms. The summed E-state index contributed by atoms with van der Waals surface area (Å²) in [6.45, 7) is -0.973. The first kappa shape index (κ1) is 11.1. The molecule has 0 aromatic heterocycles. The predicted molar refractivity (Wildman–Crippen MR) is 53.9 cm³/mol. The number of amides is 1. The van der Waals surface area contributed by atoms with Crippen molar-refractivity contribution in [3.05, 3.63) is 0 Å². The Morgan fingerprint density at radius 3 is 2.85 bits per heavy atom. The fourth-order valence-electron chi connectivity index (χ4n) is 0.422. The van der Waals surface area contributed by atoms with E-state index >= 15 is 0 Å². The third-order valence-electron chi connectivity index (χ3n) is 1.10. The van der Waals surface area contributed by atoms with Gasteiger partial charge in [-0.3, -0.25) is 9.38 Å². The van der Waals surface area contributed by atoms with E-state index in [2.05, 4.69) is 9.76 Å². The summed E-state index contributed by atoms with van der Waals surface area (Å²) >= 11 is 0. The van der Waals surface area contributed by atoms with Crippen molar-refractivity contribution < 1.29 is 15.1 Å². The van der Waals surface area contributed by atoms with Gasteiger partial charge in [0.25, 0.3) is 8.05 Å². The number of rotatable bonds is 6. The van der Waals surface area contributed by atoms with Crippen LogP contribution < -0.4 is 5.32 Å². The van der Waals surface area contributed by atoms with E-state index in [4.69, 9.17) is 29.4 Å². The molecular weight excluding hydrogens is 186 g/mol. The Morgan fingerprint density at radius 1 is 1.85 bits per heavy atom. The van der Waals surface area contributed by atoms with Gasteiger partial charge in [-0.2, -0.15) is 0 Å². The van der Waals surface area contributed by atoms with Gasteiger partial charge in [0.1, 0.15) is 14.7 Å². The maximum Gasteiger partial charge on any atom is 0.293 e. The normalized spacial score (nSPS) is 13.5. The van der Waals surface area contributed by atoms with Crippen LogP contribution in [0.25, 0.3) is 0 Å². The predicted octanol–water partition coefficient (Wildman–Crippen LogP) is -1.71. The van der Waals surface area contributed by atoms with Crippen molar-refractivity contribution in [3.63, 3.8) is 0 Å². The van der Waals surface area contributed by atoms with Crippen LogP contribution in [-0.4, -0.2) is 54.9 Å². The molecule has 1 atom stereocenters. The average Bonchev–Trinajstić information content (AvgIpc) is 2.10. The molecule has 0 aliphatic carbocycles. The van der Waals surface area contributed by atoms with Gasteiger partial charge in [0.15, 0.2) is 0 Å². The molecule has 0 fully saturated rings. The van der Waals surface area contributed by atoms with Gasteiger partial charge in [0.2, 0.25) is 14.9 Å². The van der Waals surface area contributed by atoms with Crippen molar-refractivity contribution in [2.24, 2.45) is 0 Å². The Morgan fingerprint density at radius 2 is 2.46 bits per heavy atom. The third kappa shape index (κ3) is 5.37. The van der Waals surface area contributed by atoms with Gasteiger partial charge in [-0.15, -0.1) is 0 Å². The molecule has 1 unspecified atom stereocenters. The van der Waals surface area contributed by atoms with Crippen LogP contribution in [-0.2, 0) is 13.8 Å². The summed E-state index contributed by atoms with van der Waals surface area (Å²) in [6, 6.07) is 0. The van der Waals surface area contributed by atoms with E-state index in [1.807, 2.05) is 0 Å². The van der Waals surface area contributed by atoms with Crippen LogP contribution >= 0.6 is 8.53 Å². The molecular formula is C3H7B4N2O3P. The zero-order chi connectivity index (χ0) is 11.1. The largest absolute Gasteiger partial charge is 0.397 e. The SMILES string of the molecule is [2H]C(=O)NCOP(O[B])N(C)B([B])[B]. The van der Waals surface area contributed by atoms with Gasteiger partial charge < -0.3 is 14.3 Å². The van der Waals surface area contributed by atoms with E-state index in [1.165, 1.54) is 4.58 Å². The monoisotopic (exact) mass is 195 g/mol. The second-order valence-corrected chi connectivity index (χ2v) is 3.54. The molecule has 0 saturated heterocycles. The van der Waals surface area contributed by atoms with Gasteiger partial charge >= 0.3 is 0 Å². The Kier molecular flexibility index (Phi) is 6.37. The van der Waals surface area contributed by atoms with E-state index in [0.29, 0.717) is 0 Å². The highest BCUT2D eigenvalue weighted by Gasteiger charge is 2.18. The van der Waals surface area contributed by atoms with Crippen LogP contribution in [0.5, 0.6) is 0 Å². The molecule has 0 aliphatic heterocycles. The summed E-state index contributed by atoms with van der Waals surface area (Å²) in [7, 11) is 15.5. The molecule has 1 amide bonds. The maximum absolute atomic E-state index is 10.2. The molecule has 0 spiro atoms. The molecule has 10 heteroatoms. The molecule has 0 saturated carbocycles. The Balaban J connectivity index is 3.84. The van der Waals surface area contributed by atoms with Crippen LogP contribution in [0.2, 0.25) is 0 Å². The number of carbonyl (C=O) groups excluding carboxylic acids is 1. The lowest BCUT2D eigenvalue weighted by Gasteiger charge is -2.28. The zero-order valence-corrected chi connectivity index (χ0v) is 8.03. The standard InChI is InChI=1S/C3H7B4N2O3P/c1-9(7(4)5)13(12-6)11-3-8-2-10/h2H,3H2,1H3,(H,8,10)/i2D. The van der Waals surface area contributed by atoms with Gasteiger partial charge in [-0.1, -0.05) is 0 Å². The molecule has 0 aliphatic rings. The quantitative estimate of drug-likeness (QED) is 0.237. The van der Waals surface area contributed by atoms with E-state index in [1.54, 1.807) is 7.05 Å². The van der Waals surface area contributed by atoms with Crippen molar-refractivity contribution in [3.8, 4) is 0 Å². The molecule has 0 aromatic rings. The number of nitrogens with one attached hydrogen (secondary N) is 1. The van der Waals surface area contributed by atoms with E-state index in [0.717, 1.165) is 0 Å². The van der Waals surface area contributed by atoms with Crippen LogP contribution in [0.1, 0.15) is 1.37 Å². The number of carbonyl (C=O) groups is 1. The summed E-state index contributed by atoms with van der Waals surface area (Å²) in [4.78, 5) is 10.2. The molecule has 13 heavy (non-hydrogen) atoms. The van der Waals surface area contributed by atoms with E-state index < -0.39 is 21.5 Å². The highest BCUT2D eigenvalue weighted by atomic mass is 31.2. The Labute approximate surface area is 84.6 Å². The minimum Gasteiger partial charge on any atom is -0.397 e. The third-order valence-corrected chi connectivity index (χ3v) is 2.41. The fourth-order valence-corrected chi connectivity index (χ4v) is 1.21. The lowest BCUT2D eigenvalue weighted by molar-refractivity contribution is -0.110. The zero-order valence-electron chi connectivity index (χ0n) is 8.14. The van der Waals surface area contributed by atoms with Crippen LogP contribution in [0.4, 0.5) is 0 Å². The minimum absolute atomic E-state index is 0.192. The molecule has 5 nitrogen and oxygen atoms in total. The maximum atomic E-state index is 10.2. The summed E-state index contributed by atoms with van der Waals surface area (Å²) in [5.74, 6) is 0. The Hall–Kier alpha value is 0.0397. The molecule has 6 radical (unpaired) electrons. The molecule has 1 N–H and O–H groups in total. The summed E-state index contributed by atoms with van der Waals surface area (Å²) < 4.78 is 17.3. The summed E-state index contributed by atoms with van der Waals surface area (Å²) in [5, 5.41) is 2.08. The topological polar surface area (TPSA) is 50.8 Å². The summed E-state index contributed by atoms with van der Waals surface area (Å²) in [6.07, 6.45) is -0.961. The van der Waals surface area contributed by atoms with Crippen LogP contribution in [0, 0.1) is 0 Å². The first-order chi connectivity index (χ1) is 6.49. The van der Waals surface area contributed by atoms with Crippen LogP contribution in [0.15, 0.2) is 0 Å². The van der Waals surface area contributed by atoms with Crippen molar-refractivity contribution in [1.82, 2.24) is 9.90 Å². The number of hydrogen-bond acceptors (Lipinski definition) is 4. The first-order valence-corrected chi connectivity index (χ1v) is 4.40. The molecule has 0 heterocycles. The van der Waals surface area contributed by atoms with E-state index in [-0.39, 0.29) is 6.73 Å². The lowest BCUT2D eigenvalue weighted by Crippen LogP contribution is -2.35. The van der Waals surface area contributed by atoms with Crippen LogP contribution in [0.3, 0.4) is 0 Å². The molecule has 0 aromatic carbocycles.